The van der Waals surface area contributed by atoms with E-state index in [9.17, 15) is 0 Å². The molecule has 1 atom stereocenters. The van der Waals surface area contributed by atoms with Crippen molar-refractivity contribution in [2.75, 3.05) is 13.1 Å². The molecule has 2 nitrogen and oxygen atoms in total. The third-order valence-electron chi connectivity index (χ3n) is 2.88. The molecule has 0 aliphatic rings. The first-order valence-electron chi connectivity index (χ1n) is 6.68. The number of hydrogen-bond donors (Lipinski definition) is 1. The summed E-state index contributed by atoms with van der Waals surface area (Å²) < 4.78 is 6.04. The highest BCUT2D eigenvalue weighted by molar-refractivity contribution is 6.32. The lowest BCUT2D eigenvalue weighted by Gasteiger charge is -2.24. The van der Waals surface area contributed by atoms with E-state index in [-0.39, 0.29) is 6.10 Å². The SMILES string of the molecule is CCCNCC(Oc1cc(C)ccc1Cl)C(C)C. The minimum atomic E-state index is 0.149. The first kappa shape index (κ1) is 15.3. The van der Waals surface area contributed by atoms with Crippen LogP contribution in [-0.4, -0.2) is 19.2 Å². The van der Waals surface area contributed by atoms with Crippen molar-refractivity contribution in [3.05, 3.63) is 28.8 Å². The van der Waals surface area contributed by atoms with Gasteiger partial charge in [-0.3, -0.25) is 0 Å². The normalized spacial score (nSPS) is 12.8. The second kappa shape index (κ2) is 7.65. The van der Waals surface area contributed by atoms with Crippen molar-refractivity contribution < 1.29 is 4.74 Å². The highest BCUT2D eigenvalue weighted by atomic mass is 35.5. The topological polar surface area (TPSA) is 21.3 Å². The maximum atomic E-state index is 6.16. The molecule has 0 amide bonds. The van der Waals surface area contributed by atoms with Crippen molar-refractivity contribution in [3.63, 3.8) is 0 Å². The van der Waals surface area contributed by atoms with Crippen molar-refractivity contribution >= 4 is 11.6 Å². The molecule has 0 saturated carbocycles. The summed E-state index contributed by atoms with van der Waals surface area (Å²) in [6.07, 6.45) is 1.28. The highest BCUT2D eigenvalue weighted by Crippen LogP contribution is 2.27. The first-order valence-corrected chi connectivity index (χ1v) is 7.06. The van der Waals surface area contributed by atoms with Crippen LogP contribution in [0.4, 0.5) is 0 Å². The fraction of sp³-hybridized carbons (Fsp3) is 0.600. The largest absolute Gasteiger partial charge is 0.487 e. The fourth-order valence-electron chi connectivity index (χ4n) is 1.70. The molecule has 0 spiro atoms. The molecular formula is C15H24ClNO. The van der Waals surface area contributed by atoms with E-state index in [1.54, 1.807) is 0 Å². The molecule has 1 aromatic rings. The number of benzene rings is 1. The summed E-state index contributed by atoms with van der Waals surface area (Å²) in [5.41, 5.74) is 1.17. The van der Waals surface area contributed by atoms with Gasteiger partial charge >= 0.3 is 0 Å². The summed E-state index contributed by atoms with van der Waals surface area (Å²) in [7, 11) is 0. The lowest BCUT2D eigenvalue weighted by molar-refractivity contribution is 0.149. The Morgan fingerprint density at radius 3 is 2.67 bits per heavy atom. The molecule has 1 N–H and O–H groups in total. The number of halogens is 1. The zero-order valence-electron chi connectivity index (χ0n) is 11.8. The van der Waals surface area contributed by atoms with E-state index in [1.165, 1.54) is 5.56 Å². The summed E-state index contributed by atoms with van der Waals surface area (Å²) in [4.78, 5) is 0. The second-order valence-corrected chi connectivity index (χ2v) is 5.45. The number of rotatable bonds is 7. The van der Waals surface area contributed by atoms with Gasteiger partial charge in [-0.05, 0) is 43.5 Å². The molecule has 1 rings (SSSR count). The number of hydrogen-bond acceptors (Lipinski definition) is 2. The molecule has 3 heteroatoms. The third-order valence-corrected chi connectivity index (χ3v) is 3.19. The zero-order valence-corrected chi connectivity index (χ0v) is 12.6. The van der Waals surface area contributed by atoms with Gasteiger partial charge in [-0.1, -0.05) is 38.4 Å². The lowest BCUT2D eigenvalue weighted by Crippen LogP contribution is -2.35. The Bertz CT molecular complexity index is 366. The Morgan fingerprint density at radius 2 is 2.06 bits per heavy atom. The van der Waals surface area contributed by atoms with E-state index < -0.39 is 0 Å². The smallest absolute Gasteiger partial charge is 0.138 e. The zero-order chi connectivity index (χ0) is 13.5. The number of ether oxygens (including phenoxy) is 1. The van der Waals surface area contributed by atoms with Crippen LogP contribution in [0, 0.1) is 12.8 Å². The fourth-order valence-corrected chi connectivity index (χ4v) is 1.86. The van der Waals surface area contributed by atoms with Crippen molar-refractivity contribution in [3.8, 4) is 5.75 Å². The Balaban J connectivity index is 2.67. The molecule has 102 valence electrons. The van der Waals surface area contributed by atoms with Crippen molar-refractivity contribution in [2.45, 2.75) is 40.2 Å². The maximum absolute atomic E-state index is 6.16. The predicted molar refractivity (Wildman–Crippen MR) is 78.6 cm³/mol. The second-order valence-electron chi connectivity index (χ2n) is 5.04. The third kappa shape index (κ3) is 4.87. The molecule has 0 aliphatic heterocycles. The van der Waals surface area contributed by atoms with Crippen LogP contribution < -0.4 is 10.1 Å². The molecule has 0 heterocycles. The van der Waals surface area contributed by atoms with E-state index in [2.05, 4.69) is 26.1 Å². The molecule has 0 aromatic heterocycles. The van der Waals surface area contributed by atoms with Gasteiger partial charge in [0.05, 0.1) is 5.02 Å². The monoisotopic (exact) mass is 269 g/mol. The van der Waals surface area contributed by atoms with E-state index in [0.717, 1.165) is 25.3 Å². The van der Waals surface area contributed by atoms with Crippen LogP contribution in [0.15, 0.2) is 18.2 Å². The van der Waals surface area contributed by atoms with E-state index in [1.807, 2.05) is 25.1 Å². The van der Waals surface area contributed by atoms with Gasteiger partial charge in [0.1, 0.15) is 11.9 Å². The van der Waals surface area contributed by atoms with Gasteiger partial charge < -0.3 is 10.1 Å². The lowest BCUT2D eigenvalue weighted by atomic mass is 10.1. The molecule has 18 heavy (non-hydrogen) atoms. The highest BCUT2D eigenvalue weighted by Gasteiger charge is 2.16. The van der Waals surface area contributed by atoms with Gasteiger partial charge in [0.15, 0.2) is 0 Å². The quantitative estimate of drug-likeness (QED) is 0.754. The molecule has 0 radical (unpaired) electrons. The molecule has 1 aromatic carbocycles. The van der Waals surface area contributed by atoms with Crippen LogP contribution >= 0.6 is 11.6 Å². The first-order chi connectivity index (χ1) is 8.54. The van der Waals surface area contributed by atoms with E-state index in [0.29, 0.717) is 10.9 Å². The van der Waals surface area contributed by atoms with Crippen LogP contribution in [0.3, 0.4) is 0 Å². The molecule has 1 unspecified atom stereocenters. The molecule has 0 saturated heterocycles. The summed E-state index contributed by atoms with van der Waals surface area (Å²) in [5, 5.41) is 4.08. The maximum Gasteiger partial charge on any atom is 0.138 e. The van der Waals surface area contributed by atoms with E-state index >= 15 is 0 Å². The van der Waals surface area contributed by atoms with Crippen LogP contribution in [0.1, 0.15) is 32.8 Å². The van der Waals surface area contributed by atoms with Crippen LogP contribution in [-0.2, 0) is 0 Å². The molecule has 0 bridgehead atoms. The van der Waals surface area contributed by atoms with Crippen LogP contribution in [0.25, 0.3) is 0 Å². The van der Waals surface area contributed by atoms with Crippen molar-refractivity contribution in [1.29, 1.82) is 0 Å². The van der Waals surface area contributed by atoms with Crippen molar-refractivity contribution in [1.82, 2.24) is 5.32 Å². The van der Waals surface area contributed by atoms with E-state index in [4.69, 9.17) is 16.3 Å². The van der Waals surface area contributed by atoms with Gasteiger partial charge in [0.2, 0.25) is 0 Å². The van der Waals surface area contributed by atoms with Gasteiger partial charge in [-0.15, -0.1) is 0 Å². The Hall–Kier alpha value is -0.730. The molecular weight excluding hydrogens is 246 g/mol. The minimum absolute atomic E-state index is 0.149. The average Bonchev–Trinajstić information content (AvgIpc) is 2.32. The molecule has 0 aliphatic carbocycles. The van der Waals surface area contributed by atoms with Crippen LogP contribution in [0.2, 0.25) is 5.02 Å². The Labute approximate surface area is 116 Å². The summed E-state index contributed by atoms with van der Waals surface area (Å²) in [5.74, 6) is 1.24. The van der Waals surface area contributed by atoms with Gasteiger partial charge in [-0.25, -0.2) is 0 Å². The average molecular weight is 270 g/mol. The van der Waals surface area contributed by atoms with Gasteiger partial charge in [-0.2, -0.15) is 0 Å². The summed E-state index contributed by atoms with van der Waals surface area (Å²) in [6, 6.07) is 5.88. The van der Waals surface area contributed by atoms with Crippen molar-refractivity contribution in [2.24, 2.45) is 5.92 Å². The Morgan fingerprint density at radius 1 is 1.33 bits per heavy atom. The standard InChI is InChI=1S/C15H24ClNO/c1-5-8-17-10-15(11(2)3)18-14-9-12(4)6-7-13(14)16/h6-7,9,11,15,17H,5,8,10H2,1-4H3. The minimum Gasteiger partial charge on any atom is -0.487 e. The summed E-state index contributed by atoms with van der Waals surface area (Å²) >= 11 is 6.16. The summed E-state index contributed by atoms with van der Waals surface area (Å²) in [6.45, 7) is 10.4. The predicted octanol–water partition coefficient (Wildman–Crippen LogP) is 4.05. The molecule has 0 fully saturated rings. The number of nitrogens with one attached hydrogen (secondary N) is 1. The number of aryl methyl sites for hydroxylation is 1. The van der Waals surface area contributed by atoms with Gasteiger partial charge in [0.25, 0.3) is 0 Å². The van der Waals surface area contributed by atoms with Crippen LogP contribution in [0.5, 0.6) is 5.75 Å². The Kier molecular flexibility index (Phi) is 6.51. The van der Waals surface area contributed by atoms with Gasteiger partial charge in [0, 0.05) is 6.54 Å².